The van der Waals surface area contributed by atoms with Gasteiger partial charge < -0.3 is 15.1 Å². The maximum atomic E-state index is 14.7. The van der Waals surface area contributed by atoms with Gasteiger partial charge in [0, 0.05) is 35.2 Å². The minimum absolute atomic E-state index is 0.0629. The molecule has 154 valence electrons. The van der Waals surface area contributed by atoms with Gasteiger partial charge in [0.05, 0.1) is 12.1 Å². The van der Waals surface area contributed by atoms with Crippen molar-refractivity contribution in [3.63, 3.8) is 0 Å². The van der Waals surface area contributed by atoms with E-state index in [9.17, 15) is 19.4 Å². The molecule has 8 heteroatoms. The van der Waals surface area contributed by atoms with Gasteiger partial charge in [-0.15, -0.1) is 0 Å². The standard InChI is InChI=1S/C21H23ClFN3O3/c1-11-9-16(28)13(10-14(11)22)18-17-19(25-24-18)21(29)26(7-4-8-27)20(17)12-5-2-3-6-15(12)23/h2-3,5-6,9-10,17-20,24-25,27-28H,4,7-8H2,1H3. The van der Waals surface area contributed by atoms with E-state index in [0.29, 0.717) is 29.1 Å². The van der Waals surface area contributed by atoms with E-state index in [0.717, 1.165) is 5.56 Å². The number of carbonyl (C=O) groups is 1. The highest BCUT2D eigenvalue weighted by atomic mass is 35.5. The summed E-state index contributed by atoms with van der Waals surface area (Å²) in [4.78, 5) is 14.7. The van der Waals surface area contributed by atoms with Crippen LogP contribution in [0.25, 0.3) is 0 Å². The van der Waals surface area contributed by atoms with Crippen LogP contribution in [0, 0.1) is 18.7 Å². The number of phenols is 1. The number of fused-ring (bicyclic) bond motifs is 1. The van der Waals surface area contributed by atoms with Crippen LogP contribution in [0.5, 0.6) is 5.75 Å². The predicted molar refractivity (Wildman–Crippen MR) is 107 cm³/mol. The summed E-state index contributed by atoms with van der Waals surface area (Å²) in [5.74, 6) is -0.857. The molecule has 2 aromatic carbocycles. The molecule has 2 aliphatic heterocycles. The van der Waals surface area contributed by atoms with E-state index < -0.39 is 23.9 Å². The summed E-state index contributed by atoms with van der Waals surface area (Å²) in [6.07, 6.45) is 0.399. The summed E-state index contributed by atoms with van der Waals surface area (Å²) in [5.41, 5.74) is 7.84. The molecule has 2 aliphatic rings. The smallest absolute Gasteiger partial charge is 0.242 e. The largest absolute Gasteiger partial charge is 0.508 e. The summed E-state index contributed by atoms with van der Waals surface area (Å²) in [6, 6.07) is 8.10. The Bertz CT molecular complexity index is 941. The Morgan fingerprint density at radius 1 is 1.17 bits per heavy atom. The molecule has 4 N–H and O–H groups in total. The monoisotopic (exact) mass is 419 g/mol. The van der Waals surface area contributed by atoms with Crippen molar-refractivity contribution in [2.75, 3.05) is 13.2 Å². The van der Waals surface area contributed by atoms with Crippen molar-refractivity contribution >= 4 is 17.5 Å². The van der Waals surface area contributed by atoms with Gasteiger partial charge in [0.2, 0.25) is 5.91 Å². The molecule has 0 radical (unpaired) electrons. The van der Waals surface area contributed by atoms with Crippen LogP contribution in [0.4, 0.5) is 4.39 Å². The predicted octanol–water partition coefficient (Wildman–Crippen LogP) is 2.59. The Labute approximate surface area is 173 Å². The molecule has 1 amide bonds. The Morgan fingerprint density at radius 3 is 2.62 bits per heavy atom. The molecule has 0 saturated carbocycles. The van der Waals surface area contributed by atoms with Gasteiger partial charge in [0.15, 0.2) is 0 Å². The lowest BCUT2D eigenvalue weighted by Crippen LogP contribution is -2.42. The first-order valence-corrected chi connectivity index (χ1v) is 9.97. The van der Waals surface area contributed by atoms with Crippen LogP contribution in [0.15, 0.2) is 36.4 Å². The number of nitrogens with one attached hydrogen (secondary N) is 2. The first-order valence-electron chi connectivity index (χ1n) is 9.60. The lowest BCUT2D eigenvalue weighted by atomic mass is 9.82. The SMILES string of the molecule is Cc1cc(O)c(C2NNC3C(=O)N(CCCO)C(c4ccccc4F)C32)cc1Cl. The molecule has 4 unspecified atom stereocenters. The number of benzene rings is 2. The lowest BCUT2D eigenvalue weighted by molar-refractivity contribution is -0.130. The number of hydrogen-bond donors (Lipinski definition) is 4. The van der Waals surface area contributed by atoms with Crippen LogP contribution in [-0.4, -0.2) is 40.2 Å². The molecule has 0 bridgehead atoms. The fraction of sp³-hybridized carbons (Fsp3) is 0.381. The van der Waals surface area contributed by atoms with E-state index in [4.69, 9.17) is 11.6 Å². The Hall–Kier alpha value is -2.19. The second kappa shape index (κ2) is 7.91. The minimum Gasteiger partial charge on any atom is -0.508 e. The van der Waals surface area contributed by atoms with Crippen molar-refractivity contribution in [1.29, 1.82) is 0 Å². The zero-order chi connectivity index (χ0) is 20.7. The van der Waals surface area contributed by atoms with Crippen molar-refractivity contribution < 1.29 is 19.4 Å². The topological polar surface area (TPSA) is 84.8 Å². The number of nitrogens with zero attached hydrogens (tertiary/aromatic N) is 1. The molecular weight excluding hydrogens is 397 g/mol. The van der Waals surface area contributed by atoms with Gasteiger partial charge in [-0.1, -0.05) is 29.8 Å². The molecule has 0 aliphatic carbocycles. The third kappa shape index (κ3) is 3.38. The van der Waals surface area contributed by atoms with Crippen molar-refractivity contribution in [2.45, 2.75) is 31.5 Å². The van der Waals surface area contributed by atoms with Crippen LogP contribution in [0.3, 0.4) is 0 Å². The maximum Gasteiger partial charge on any atom is 0.242 e. The first-order chi connectivity index (χ1) is 13.9. The number of aliphatic hydroxyl groups is 1. The molecule has 2 saturated heterocycles. The van der Waals surface area contributed by atoms with Gasteiger partial charge in [-0.05, 0) is 37.1 Å². The number of rotatable bonds is 5. The fourth-order valence-corrected chi connectivity index (χ4v) is 4.65. The number of hydrogen-bond acceptors (Lipinski definition) is 5. The van der Waals surface area contributed by atoms with Crippen molar-refractivity contribution in [2.24, 2.45) is 5.92 Å². The molecule has 2 aromatic rings. The number of carbonyl (C=O) groups excluding carboxylic acids is 1. The second-order valence-corrected chi connectivity index (χ2v) is 7.96. The summed E-state index contributed by atoms with van der Waals surface area (Å²) in [5, 5.41) is 20.3. The van der Waals surface area contributed by atoms with E-state index in [1.807, 2.05) is 0 Å². The molecule has 0 aromatic heterocycles. The third-order valence-corrected chi connectivity index (χ3v) is 6.24. The third-order valence-electron chi connectivity index (χ3n) is 5.84. The molecule has 2 fully saturated rings. The molecular formula is C21H23ClFN3O3. The summed E-state index contributed by atoms with van der Waals surface area (Å²) >= 11 is 6.29. The van der Waals surface area contributed by atoms with Crippen molar-refractivity contribution in [3.05, 3.63) is 63.9 Å². The zero-order valence-electron chi connectivity index (χ0n) is 15.9. The molecule has 0 spiro atoms. The Balaban J connectivity index is 1.80. The number of aryl methyl sites for hydroxylation is 1. The maximum absolute atomic E-state index is 14.7. The highest BCUT2D eigenvalue weighted by Crippen LogP contribution is 2.49. The normalized spacial score (nSPS) is 26.2. The van der Waals surface area contributed by atoms with E-state index in [1.165, 1.54) is 6.07 Å². The molecule has 29 heavy (non-hydrogen) atoms. The van der Waals surface area contributed by atoms with Gasteiger partial charge in [-0.3, -0.25) is 4.79 Å². The number of aliphatic hydroxyl groups excluding tert-OH is 1. The Kier molecular flexibility index (Phi) is 5.48. The van der Waals surface area contributed by atoms with Gasteiger partial charge in [0.1, 0.15) is 17.6 Å². The van der Waals surface area contributed by atoms with E-state index in [1.54, 1.807) is 42.2 Å². The summed E-state index contributed by atoms with van der Waals surface area (Å²) in [6.45, 7) is 2.05. The average molecular weight is 420 g/mol. The lowest BCUT2D eigenvalue weighted by Gasteiger charge is -2.31. The molecule has 4 atom stereocenters. The van der Waals surface area contributed by atoms with E-state index in [2.05, 4.69) is 10.9 Å². The molecule has 4 rings (SSSR count). The highest BCUT2D eigenvalue weighted by molar-refractivity contribution is 6.31. The molecule has 6 nitrogen and oxygen atoms in total. The average Bonchev–Trinajstić information content (AvgIpc) is 3.23. The second-order valence-electron chi connectivity index (χ2n) is 7.56. The van der Waals surface area contributed by atoms with Crippen LogP contribution in [-0.2, 0) is 4.79 Å². The van der Waals surface area contributed by atoms with Crippen LogP contribution in [0.2, 0.25) is 5.02 Å². The van der Waals surface area contributed by atoms with Crippen molar-refractivity contribution in [3.8, 4) is 5.75 Å². The van der Waals surface area contributed by atoms with Crippen LogP contribution >= 0.6 is 11.6 Å². The van der Waals surface area contributed by atoms with Gasteiger partial charge >= 0.3 is 0 Å². The van der Waals surface area contributed by atoms with E-state index >= 15 is 0 Å². The van der Waals surface area contributed by atoms with Crippen molar-refractivity contribution in [1.82, 2.24) is 15.8 Å². The highest BCUT2D eigenvalue weighted by Gasteiger charge is 2.56. The fourth-order valence-electron chi connectivity index (χ4n) is 4.48. The van der Waals surface area contributed by atoms with E-state index in [-0.39, 0.29) is 24.2 Å². The number of phenolic OH excluding ortho intramolecular Hbond substituents is 1. The van der Waals surface area contributed by atoms with Gasteiger partial charge in [-0.2, -0.15) is 0 Å². The number of aromatic hydroxyl groups is 1. The quantitative estimate of drug-likeness (QED) is 0.598. The zero-order valence-corrected chi connectivity index (χ0v) is 16.7. The number of hydrazine groups is 1. The summed E-state index contributed by atoms with van der Waals surface area (Å²) < 4.78 is 14.7. The summed E-state index contributed by atoms with van der Waals surface area (Å²) in [7, 11) is 0. The Morgan fingerprint density at radius 2 is 1.90 bits per heavy atom. The molecule has 2 heterocycles. The van der Waals surface area contributed by atoms with Crippen LogP contribution in [0.1, 0.15) is 35.2 Å². The number of halogens is 2. The van der Waals surface area contributed by atoms with Crippen LogP contribution < -0.4 is 10.9 Å². The number of amides is 1. The first kappa shape index (κ1) is 20.1. The van der Waals surface area contributed by atoms with Gasteiger partial charge in [-0.25, -0.2) is 15.2 Å². The van der Waals surface area contributed by atoms with Gasteiger partial charge in [0.25, 0.3) is 0 Å². The minimum atomic E-state index is -0.581. The number of likely N-dealkylation sites (tertiary alicyclic amines) is 1.